The van der Waals surface area contributed by atoms with Crippen LogP contribution in [0.1, 0.15) is 0 Å². The Morgan fingerprint density at radius 2 is 2.07 bits per heavy atom. The first-order valence-electron chi connectivity index (χ1n) is 3.69. The lowest BCUT2D eigenvalue weighted by atomic mass is 10.3. The number of carbonyl (C=O) groups is 1. The van der Waals surface area contributed by atoms with Gasteiger partial charge >= 0.3 is 12.1 Å². The van der Waals surface area contributed by atoms with Gasteiger partial charge in [-0.25, -0.2) is 4.79 Å². The van der Waals surface area contributed by atoms with E-state index in [4.69, 9.17) is 15.0 Å². The van der Waals surface area contributed by atoms with E-state index in [9.17, 15) is 13.2 Å². The van der Waals surface area contributed by atoms with Crippen LogP contribution in [0.15, 0.2) is 12.2 Å². The summed E-state index contributed by atoms with van der Waals surface area (Å²) < 4.78 is 31.7. The molecule has 0 saturated heterocycles. The Bertz CT molecular complexity index is 215. The smallest absolute Gasteiger partial charge is 0.475 e. The lowest BCUT2D eigenvalue weighted by molar-refractivity contribution is -0.192. The number of carboxylic acids is 1. The zero-order valence-electron chi connectivity index (χ0n) is 7.08. The summed E-state index contributed by atoms with van der Waals surface area (Å²) >= 11 is 0. The molecule has 7 heteroatoms. The Kier molecular flexibility index (Phi) is 5.18. The summed E-state index contributed by atoms with van der Waals surface area (Å²) in [6.07, 6.45) is -1.10. The predicted molar refractivity (Wildman–Crippen MR) is 41.7 cm³/mol. The SMILES string of the molecule is O=C(O)C(F)(F)F.OC[C@@H]1C=CCN1. The zero-order valence-corrected chi connectivity index (χ0v) is 7.08. The predicted octanol–water partition coefficient (Wildman–Crippen LogP) is 0.140. The molecule has 0 aromatic carbocycles. The van der Waals surface area contributed by atoms with Gasteiger partial charge in [0.25, 0.3) is 0 Å². The number of aliphatic carboxylic acids is 1. The van der Waals surface area contributed by atoms with Crippen LogP contribution in [0, 0.1) is 0 Å². The molecule has 82 valence electrons. The fraction of sp³-hybridized carbons (Fsp3) is 0.571. The number of carboxylic acid groups (broad SMARTS) is 1. The Morgan fingerprint density at radius 1 is 1.57 bits per heavy atom. The number of alkyl halides is 3. The molecule has 14 heavy (non-hydrogen) atoms. The Morgan fingerprint density at radius 3 is 2.21 bits per heavy atom. The molecule has 0 amide bonds. The van der Waals surface area contributed by atoms with E-state index in [1.807, 2.05) is 12.2 Å². The molecule has 1 aliphatic rings. The maximum absolute atomic E-state index is 10.6. The molecule has 3 N–H and O–H groups in total. The highest BCUT2D eigenvalue weighted by Gasteiger charge is 2.38. The molecule has 0 aromatic rings. The third kappa shape index (κ3) is 5.55. The van der Waals surface area contributed by atoms with Gasteiger partial charge in [0.15, 0.2) is 0 Å². The number of halogens is 3. The van der Waals surface area contributed by atoms with Gasteiger partial charge in [0.1, 0.15) is 0 Å². The van der Waals surface area contributed by atoms with Crippen LogP contribution < -0.4 is 5.32 Å². The van der Waals surface area contributed by atoms with Gasteiger partial charge in [-0.15, -0.1) is 0 Å². The fourth-order valence-corrected chi connectivity index (χ4v) is 0.645. The second-order valence-corrected chi connectivity index (χ2v) is 2.43. The second kappa shape index (κ2) is 5.61. The van der Waals surface area contributed by atoms with Gasteiger partial charge in [-0.2, -0.15) is 13.2 Å². The summed E-state index contributed by atoms with van der Waals surface area (Å²) in [6, 6.07) is 0.222. The molecule has 0 aromatic heterocycles. The van der Waals surface area contributed by atoms with E-state index in [1.165, 1.54) is 0 Å². The molecule has 1 rings (SSSR count). The van der Waals surface area contributed by atoms with Crippen LogP contribution in [0.25, 0.3) is 0 Å². The van der Waals surface area contributed by atoms with Gasteiger partial charge < -0.3 is 15.5 Å². The standard InChI is InChI=1S/C5H9NO.C2HF3O2/c7-4-5-2-1-3-6-5;3-2(4,5)1(6)7/h1-2,5-7H,3-4H2;(H,6,7)/t5-;/m0./s1. The van der Waals surface area contributed by atoms with Gasteiger partial charge in [0.2, 0.25) is 0 Å². The number of aliphatic hydroxyl groups is 1. The highest BCUT2D eigenvalue weighted by Crippen LogP contribution is 2.13. The third-order valence-electron chi connectivity index (χ3n) is 1.31. The van der Waals surface area contributed by atoms with E-state index in [0.29, 0.717) is 0 Å². The van der Waals surface area contributed by atoms with Crippen molar-refractivity contribution in [3.8, 4) is 0 Å². The van der Waals surface area contributed by atoms with Crippen LogP contribution in [-0.4, -0.2) is 41.6 Å². The number of aliphatic hydroxyl groups excluding tert-OH is 1. The van der Waals surface area contributed by atoms with Gasteiger partial charge in [-0.05, 0) is 0 Å². The fourth-order valence-electron chi connectivity index (χ4n) is 0.645. The normalized spacial score (nSPS) is 20.1. The van der Waals surface area contributed by atoms with Crippen molar-refractivity contribution in [2.45, 2.75) is 12.2 Å². The molecule has 4 nitrogen and oxygen atoms in total. The summed E-state index contributed by atoms with van der Waals surface area (Å²) in [5, 5.41) is 18.6. The van der Waals surface area contributed by atoms with Crippen molar-refractivity contribution >= 4 is 5.97 Å². The maximum atomic E-state index is 10.6. The van der Waals surface area contributed by atoms with Crippen molar-refractivity contribution in [1.29, 1.82) is 0 Å². The lowest BCUT2D eigenvalue weighted by Crippen LogP contribution is -2.25. The summed E-state index contributed by atoms with van der Waals surface area (Å²) in [4.78, 5) is 8.90. The second-order valence-electron chi connectivity index (χ2n) is 2.43. The minimum absolute atomic E-state index is 0.219. The highest BCUT2D eigenvalue weighted by atomic mass is 19.4. The first kappa shape index (κ1) is 12.9. The minimum atomic E-state index is -5.08. The van der Waals surface area contributed by atoms with Crippen molar-refractivity contribution in [1.82, 2.24) is 5.32 Å². The van der Waals surface area contributed by atoms with Crippen LogP contribution in [0.2, 0.25) is 0 Å². The van der Waals surface area contributed by atoms with Crippen LogP contribution >= 0.6 is 0 Å². The maximum Gasteiger partial charge on any atom is 0.490 e. The molecular formula is C7H10F3NO3. The number of rotatable bonds is 1. The lowest BCUT2D eigenvalue weighted by Gasteiger charge is -2.00. The highest BCUT2D eigenvalue weighted by molar-refractivity contribution is 5.73. The molecule has 1 aliphatic heterocycles. The molecule has 1 heterocycles. The van der Waals surface area contributed by atoms with E-state index in [-0.39, 0.29) is 12.6 Å². The summed E-state index contributed by atoms with van der Waals surface area (Å²) in [5.41, 5.74) is 0. The first-order valence-corrected chi connectivity index (χ1v) is 3.69. The van der Waals surface area contributed by atoms with Gasteiger partial charge in [0, 0.05) is 12.6 Å². The average Bonchev–Trinajstić information content (AvgIpc) is 2.54. The summed E-state index contributed by atoms with van der Waals surface area (Å²) in [5.74, 6) is -2.76. The topological polar surface area (TPSA) is 69.6 Å². The molecule has 0 unspecified atom stereocenters. The average molecular weight is 213 g/mol. The summed E-state index contributed by atoms with van der Waals surface area (Å²) in [6.45, 7) is 1.13. The minimum Gasteiger partial charge on any atom is -0.475 e. The number of nitrogens with one attached hydrogen (secondary N) is 1. The van der Waals surface area contributed by atoms with Crippen molar-refractivity contribution in [2.75, 3.05) is 13.2 Å². The van der Waals surface area contributed by atoms with Crippen LogP contribution in [0.3, 0.4) is 0 Å². The van der Waals surface area contributed by atoms with Crippen LogP contribution in [0.5, 0.6) is 0 Å². The van der Waals surface area contributed by atoms with E-state index < -0.39 is 12.1 Å². The molecular weight excluding hydrogens is 203 g/mol. The molecule has 0 saturated carbocycles. The number of hydrogen-bond donors (Lipinski definition) is 3. The van der Waals surface area contributed by atoms with Crippen molar-refractivity contribution < 1.29 is 28.2 Å². The van der Waals surface area contributed by atoms with E-state index in [1.54, 1.807) is 0 Å². The summed E-state index contributed by atoms with van der Waals surface area (Å²) in [7, 11) is 0. The molecule has 0 bridgehead atoms. The zero-order chi connectivity index (χ0) is 11.2. The monoisotopic (exact) mass is 213 g/mol. The number of hydrogen-bond acceptors (Lipinski definition) is 3. The van der Waals surface area contributed by atoms with Crippen LogP contribution in [-0.2, 0) is 4.79 Å². The van der Waals surface area contributed by atoms with Gasteiger partial charge in [0.05, 0.1) is 6.61 Å². The Hall–Kier alpha value is -1.08. The molecule has 0 radical (unpaired) electrons. The van der Waals surface area contributed by atoms with Gasteiger partial charge in [-0.3, -0.25) is 0 Å². The Balaban J connectivity index is 0.000000241. The van der Waals surface area contributed by atoms with E-state index in [0.717, 1.165) is 6.54 Å². The van der Waals surface area contributed by atoms with Crippen molar-refractivity contribution in [2.24, 2.45) is 0 Å². The molecule has 0 fully saturated rings. The first-order chi connectivity index (χ1) is 6.38. The molecule has 0 spiro atoms. The van der Waals surface area contributed by atoms with E-state index >= 15 is 0 Å². The van der Waals surface area contributed by atoms with E-state index in [2.05, 4.69) is 5.32 Å². The molecule has 0 aliphatic carbocycles. The molecule has 1 atom stereocenters. The van der Waals surface area contributed by atoms with Crippen molar-refractivity contribution in [3.05, 3.63) is 12.2 Å². The largest absolute Gasteiger partial charge is 0.490 e. The Labute approximate surface area is 78.0 Å². The van der Waals surface area contributed by atoms with Gasteiger partial charge in [-0.1, -0.05) is 12.2 Å². The third-order valence-corrected chi connectivity index (χ3v) is 1.31. The quantitative estimate of drug-likeness (QED) is 0.542. The van der Waals surface area contributed by atoms with Crippen molar-refractivity contribution in [3.63, 3.8) is 0 Å². The van der Waals surface area contributed by atoms with Crippen LogP contribution in [0.4, 0.5) is 13.2 Å².